The summed E-state index contributed by atoms with van der Waals surface area (Å²) >= 11 is 0. The SMILES string of the molecule is CC(C)N(C)CCNc1ccc(N)c(C(=O)O)c1. The number of carboxylic acid groups (broad SMARTS) is 1. The van der Waals surface area contributed by atoms with Gasteiger partial charge in [0.05, 0.1) is 5.56 Å². The molecule has 0 unspecified atom stereocenters. The summed E-state index contributed by atoms with van der Waals surface area (Å²) in [6.07, 6.45) is 0. The standard InChI is InChI=1S/C13H21N3O2/c1-9(2)16(3)7-6-15-10-4-5-12(14)11(8-10)13(17)18/h4-5,8-9,15H,6-7,14H2,1-3H3,(H,17,18). The Bertz CT molecular complexity index is 419. The maximum atomic E-state index is 10.9. The van der Waals surface area contributed by atoms with Crippen molar-refractivity contribution in [2.45, 2.75) is 19.9 Å². The predicted octanol–water partition coefficient (Wildman–Crippen LogP) is 1.72. The molecule has 1 rings (SSSR count). The second-order valence-electron chi connectivity index (χ2n) is 4.61. The maximum absolute atomic E-state index is 10.9. The van der Waals surface area contributed by atoms with E-state index in [1.807, 2.05) is 0 Å². The molecular weight excluding hydrogens is 230 g/mol. The monoisotopic (exact) mass is 251 g/mol. The van der Waals surface area contributed by atoms with Crippen LogP contribution in [0.25, 0.3) is 0 Å². The molecule has 0 heterocycles. The van der Waals surface area contributed by atoms with Gasteiger partial charge in [0, 0.05) is 30.5 Å². The number of nitrogen functional groups attached to an aromatic ring is 1. The minimum atomic E-state index is -1.00. The van der Waals surface area contributed by atoms with Crippen LogP contribution in [0.5, 0.6) is 0 Å². The lowest BCUT2D eigenvalue weighted by molar-refractivity contribution is 0.0698. The zero-order valence-corrected chi connectivity index (χ0v) is 11.1. The first-order valence-corrected chi connectivity index (χ1v) is 5.98. The van der Waals surface area contributed by atoms with Gasteiger partial charge in [-0.3, -0.25) is 0 Å². The summed E-state index contributed by atoms with van der Waals surface area (Å²) in [7, 11) is 2.05. The second kappa shape index (κ2) is 6.26. The fourth-order valence-corrected chi connectivity index (χ4v) is 1.49. The van der Waals surface area contributed by atoms with Crippen molar-refractivity contribution < 1.29 is 9.90 Å². The number of likely N-dealkylation sites (N-methyl/N-ethyl adjacent to an activating group) is 1. The Hall–Kier alpha value is -1.75. The molecule has 0 aromatic heterocycles. The molecule has 0 aliphatic heterocycles. The maximum Gasteiger partial charge on any atom is 0.337 e. The molecule has 0 saturated heterocycles. The van der Waals surface area contributed by atoms with Crippen LogP contribution < -0.4 is 11.1 Å². The number of carboxylic acids is 1. The molecule has 0 aliphatic carbocycles. The van der Waals surface area contributed by atoms with E-state index in [0.717, 1.165) is 18.8 Å². The predicted molar refractivity (Wildman–Crippen MR) is 74.1 cm³/mol. The van der Waals surface area contributed by atoms with Gasteiger partial charge in [-0.2, -0.15) is 0 Å². The Kier molecular flexibility index (Phi) is 4.97. The van der Waals surface area contributed by atoms with E-state index in [1.165, 1.54) is 0 Å². The van der Waals surface area contributed by atoms with E-state index in [4.69, 9.17) is 10.8 Å². The lowest BCUT2D eigenvalue weighted by atomic mass is 10.1. The van der Waals surface area contributed by atoms with Gasteiger partial charge in [0.2, 0.25) is 0 Å². The Labute approximate surface area is 108 Å². The van der Waals surface area contributed by atoms with Crippen molar-refractivity contribution in [2.24, 2.45) is 0 Å². The number of hydrogen-bond acceptors (Lipinski definition) is 4. The number of aromatic carboxylic acids is 1. The quantitative estimate of drug-likeness (QED) is 0.671. The Balaban J connectivity index is 2.58. The zero-order chi connectivity index (χ0) is 13.7. The molecule has 18 heavy (non-hydrogen) atoms. The number of nitrogens with two attached hydrogens (primary N) is 1. The highest BCUT2D eigenvalue weighted by Gasteiger charge is 2.08. The summed E-state index contributed by atoms with van der Waals surface area (Å²) < 4.78 is 0. The van der Waals surface area contributed by atoms with E-state index in [9.17, 15) is 4.79 Å². The molecule has 4 N–H and O–H groups in total. The molecule has 1 aromatic rings. The molecule has 5 heteroatoms. The van der Waals surface area contributed by atoms with Crippen LogP contribution in [-0.4, -0.2) is 42.2 Å². The fraction of sp³-hybridized carbons (Fsp3) is 0.462. The highest BCUT2D eigenvalue weighted by Crippen LogP contribution is 2.17. The number of nitrogens with one attached hydrogen (secondary N) is 1. The van der Waals surface area contributed by atoms with E-state index in [-0.39, 0.29) is 11.3 Å². The number of carbonyl (C=O) groups is 1. The third kappa shape index (κ3) is 3.92. The van der Waals surface area contributed by atoms with Gasteiger partial charge in [-0.1, -0.05) is 0 Å². The highest BCUT2D eigenvalue weighted by molar-refractivity contribution is 5.94. The van der Waals surface area contributed by atoms with Gasteiger partial charge >= 0.3 is 5.97 Å². The first kappa shape index (κ1) is 14.3. The van der Waals surface area contributed by atoms with E-state index >= 15 is 0 Å². The molecule has 100 valence electrons. The first-order valence-electron chi connectivity index (χ1n) is 5.98. The lowest BCUT2D eigenvalue weighted by Gasteiger charge is -2.21. The van der Waals surface area contributed by atoms with Crippen molar-refractivity contribution in [2.75, 3.05) is 31.2 Å². The average molecular weight is 251 g/mol. The van der Waals surface area contributed by atoms with E-state index in [0.29, 0.717) is 6.04 Å². The van der Waals surface area contributed by atoms with Crippen LogP contribution in [0.4, 0.5) is 11.4 Å². The van der Waals surface area contributed by atoms with Gasteiger partial charge in [0.15, 0.2) is 0 Å². The topological polar surface area (TPSA) is 78.6 Å². The van der Waals surface area contributed by atoms with Crippen LogP contribution in [0.15, 0.2) is 18.2 Å². The van der Waals surface area contributed by atoms with E-state index < -0.39 is 5.97 Å². The number of nitrogens with zero attached hydrogens (tertiary/aromatic N) is 1. The van der Waals surface area contributed by atoms with Crippen molar-refractivity contribution in [3.8, 4) is 0 Å². The molecule has 0 amide bonds. The van der Waals surface area contributed by atoms with Gasteiger partial charge in [0.1, 0.15) is 0 Å². The van der Waals surface area contributed by atoms with Crippen LogP contribution >= 0.6 is 0 Å². The number of hydrogen-bond donors (Lipinski definition) is 3. The largest absolute Gasteiger partial charge is 0.478 e. The Morgan fingerprint density at radius 1 is 1.50 bits per heavy atom. The van der Waals surface area contributed by atoms with Crippen LogP contribution in [0, 0.1) is 0 Å². The van der Waals surface area contributed by atoms with Crippen LogP contribution in [0.2, 0.25) is 0 Å². The number of rotatable bonds is 6. The van der Waals surface area contributed by atoms with Gasteiger partial charge in [0.25, 0.3) is 0 Å². The van der Waals surface area contributed by atoms with E-state index in [1.54, 1.807) is 18.2 Å². The van der Waals surface area contributed by atoms with Crippen LogP contribution in [0.1, 0.15) is 24.2 Å². The molecule has 0 atom stereocenters. The summed E-state index contributed by atoms with van der Waals surface area (Å²) in [6.45, 7) is 5.92. The summed E-state index contributed by atoms with van der Waals surface area (Å²) in [4.78, 5) is 13.1. The minimum Gasteiger partial charge on any atom is -0.478 e. The fourth-order valence-electron chi connectivity index (χ4n) is 1.49. The number of benzene rings is 1. The van der Waals surface area contributed by atoms with Crippen molar-refractivity contribution >= 4 is 17.3 Å². The summed E-state index contributed by atoms with van der Waals surface area (Å²) in [5.41, 5.74) is 6.79. The van der Waals surface area contributed by atoms with Crippen molar-refractivity contribution in [3.63, 3.8) is 0 Å². The minimum absolute atomic E-state index is 0.136. The normalized spacial score (nSPS) is 10.9. The van der Waals surface area contributed by atoms with Crippen molar-refractivity contribution in [1.82, 2.24) is 4.90 Å². The van der Waals surface area contributed by atoms with Gasteiger partial charge in [-0.05, 0) is 39.1 Å². The zero-order valence-electron chi connectivity index (χ0n) is 11.1. The highest BCUT2D eigenvalue weighted by atomic mass is 16.4. The molecule has 0 bridgehead atoms. The molecular formula is C13H21N3O2. The third-order valence-corrected chi connectivity index (χ3v) is 2.96. The lowest BCUT2D eigenvalue weighted by Crippen LogP contribution is -2.31. The smallest absolute Gasteiger partial charge is 0.337 e. The third-order valence-electron chi connectivity index (χ3n) is 2.96. The molecule has 0 radical (unpaired) electrons. The Morgan fingerprint density at radius 3 is 2.72 bits per heavy atom. The van der Waals surface area contributed by atoms with E-state index in [2.05, 4.69) is 31.1 Å². The second-order valence-corrected chi connectivity index (χ2v) is 4.61. The molecule has 0 spiro atoms. The van der Waals surface area contributed by atoms with Gasteiger partial charge in [-0.25, -0.2) is 4.79 Å². The first-order chi connectivity index (χ1) is 8.41. The van der Waals surface area contributed by atoms with Gasteiger partial charge < -0.3 is 21.1 Å². The number of anilines is 2. The molecule has 0 aliphatic rings. The van der Waals surface area contributed by atoms with Crippen LogP contribution in [-0.2, 0) is 0 Å². The average Bonchev–Trinajstić information content (AvgIpc) is 2.30. The molecule has 1 aromatic carbocycles. The van der Waals surface area contributed by atoms with Crippen LogP contribution in [0.3, 0.4) is 0 Å². The van der Waals surface area contributed by atoms with Crippen molar-refractivity contribution in [1.29, 1.82) is 0 Å². The Morgan fingerprint density at radius 2 is 2.17 bits per heavy atom. The van der Waals surface area contributed by atoms with Gasteiger partial charge in [-0.15, -0.1) is 0 Å². The van der Waals surface area contributed by atoms with Crippen molar-refractivity contribution in [3.05, 3.63) is 23.8 Å². The summed E-state index contributed by atoms with van der Waals surface area (Å²) in [5.74, 6) is -1.00. The molecule has 0 saturated carbocycles. The summed E-state index contributed by atoms with van der Waals surface area (Å²) in [5, 5.41) is 12.2. The molecule has 0 fully saturated rings. The molecule has 5 nitrogen and oxygen atoms in total. The summed E-state index contributed by atoms with van der Waals surface area (Å²) in [6, 6.07) is 5.45.